The van der Waals surface area contributed by atoms with Gasteiger partial charge in [-0.05, 0) is 41.1 Å². The second kappa shape index (κ2) is 5.16. The molecule has 0 saturated heterocycles. The Bertz CT molecular complexity index is 451. The van der Waals surface area contributed by atoms with Crippen molar-refractivity contribution in [2.24, 2.45) is 0 Å². The van der Waals surface area contributed by atoms with E-state index < -0.39 is 0 Å². The molecule has 1 heterocycles. The van der Waals surface area contributed by atoms with Crippen molar-refractivity contribution >= 4 is 45.2 Å². The predicted molar refractivity (Wildman–Crippen MR) is 74.8 cm³/mol. The number of nitrogens with one attached hydrogen (secondary N) is 1. The minimum atomic E-state index is -0.163. The van der Waals surface area contributed by atoms with Crippen LogP contribution in [0.1, 0.15) is 23.2 Å². The molecule has 0 atom stereocenters. The van der Waals surface area contributed by atoms with Crippen molar-refractivity contribution in [3.63, 3.8) is 0 Å². The van der Waals surface area contributed by atoms with Gasteiger partial charge in [0.05, 0.1) is 5.56 Å². The Morgan fingerprint density at radius 3 is 3.00 bits per heavy atom. The fourth-order valence-electron chi connectivity index (χ4n) is 1.51. The number of amides is 1. The second-order valence-electron chi connectivity index (χ2n) is 4.06. The smallest absolute Gasteiger partial charge is 0.254 e. The summed E-state index contributed by atoms with van der Waals surface area (Å²) in [6.07, 6.45) is 5.98. The molecule has 1 fully saturated rings. The molecule has 3 nitrogen and oxygen atoms in total. The van der Waals surface area contributed by atoms with E-state index in [1.165, 1.54) is 12.8 Å². The third-order valence-corrected chi connectivity index (χ3v) is 5.02. The number of halogens is 2. The average Bonchev–Trinajstić information content (AvgIpc) is 3.10. The number of hydrogen-bond acceptors (Lipinski definition) is 3. The maximum atomic E-state index is 11.9. The van der Waals surface area contributed by atoms with Crippen molar-refractivity contribution in [3.8, 4) is 0 Å². The number of carbonyl (C=O) groups excluding carboxylic acids is 1. The van der Waals surface area contributed by atoms with Gasteiger partial charge in [0.2, 0.25) is 0 Å². The second-order valence-corrected chi connectivity index (χ2v) is 6.61. The molecule has 0 radical (unpaired) electrons. The van der Waals surface area contributed by atoms with Gasteiger partial charge in [0.15, 0.2) is 0 Å². The van der Waals surface area contributed by atoms with Crippen LogP contribution in [0.15, 0.2) is 16.7 Å². The highest BCUT2D eigenvalue weighted by Crippen LogP contribution is 2.46. The maximum Gasteiger partial charge on any atom is 0.254 e. The maximum absolute atomic E-state index is 11.9. The van der Waals surface area contributed by atoms with Crippen LogP contribution in [0.25, 0.3) is 0 Å². The number of rotatable bonds is 4. The van der Waals surface area contributed by atoms with Crippen LogP contribution in [-0.4, -0.2) is 28.4 Å². The molecule has 6 heteroatoms. The minimum Gasteiger partial charge on any atom is -0.351 e. The fraction of sp³-hybridized carbons (Fsp3) is 0.455. The van der Waals surface area contributed by atoms with Gasteiger partial charge in [-0.2, -0.15) is 11.8 Å². The molecule has 0 aliphatic heterocycles. The first-order chi connectivity index (χ1) is 8.06. The van der Waals surface area contributed by atoms with Crippen molar-refractivity contribution < 1.29 is 4.79 Å². The lowest BCUT2D eigenvalue weighted by molar-refractivity contribution is 0.0952. The molecule has 1 aromatic rings. The highest BCUT2D eigenvalue weighted by Gasteiger charge is 2.42. The van der Waals surface area contributed by atoms with Crippen LogP contribution in [-0.2, 0) is 0 Å². The van der Waals surface area contributed by atoms with Gasteiger partial charge in [0, 0.05) is 22.0 Å². The molecule has 0 unspecified atom stereocenters. The minimum absolute atomic E-state index is 0.163. The van der Waals surface area contributed by atoms with Gasteiger partial charge < -0.3 is 5.32 Å². The van der Waals surface area contributed by atoms with Crippen molar-refractivity contribution in [2.45, 2.75) is 17.6 Å². The number of pyridine rings is 1. The van der Waals surface area contributed by atoms with E-state index >= 15 is 0 Å². The molecule has 0 bridgehead atoms. The normalized spacial score (nSPS) is 16.6. The Balaban J connectivity index is 2.02. The number of nitrogens with zero attached hydrogens (tertiary/aromatic N) is 1. The van der Waals surface area contributed by atoms with Gasteiger partial charge in [-0.3, -0.25) is 4.79 Å². The number of thioether (sulfide) groups is 1. The van der Waals surface area contributed by atoms with Crippen molar-refractivity contribution in [1.29, 1.82) is 0 Å². The molecule has 1 aliphatic rings. The lowest BCUT2D eigenvalue weighted by Gasteiger charge is -2.13. The zero-order valence-electron chi connectivity index (χ0n) is 9.30. The molecule has 0 aromatic carbocycles. The molecule has 17 heavy (non-hydrogen) atoms. The van der Waals surface area contributed by atoms with Gasteiger partial charge >= 0.3 is 0 Å². The molecule has 1 amide bonds. The van der Waals surface area contributed by atoms with Gasteiger partial charge in [-0.15, -0.1) is 0 Å². The van der Waals surface area contributed by atoms with Crippen LogP contribution < -0.4 is 5.32 Å². The largest absolute Gasteiger partial charge is 0.351 e. The van der Waals surface area contributed by atoms with Crippen LogP contribution in [0.2, 0.25) is 5.15 Å². The van der Waals surface area contributed by atoms with Gasteiger partial charge in [-0.1, -0.05) is 11.6 Å². The summed E-state index contributed by atoms with van der Waals surface area (Å²) in [5, 5.41) is 3.15. The van der Waals surface area contributed by atoms with Gasteiger partial charge in [0.1, 0.15) is 5.15 Å². The summed E-state index contributed by atoms with van der Waals surface area (Å²) in [5.74, 6) is -0.163. The predicted octanol–water partition coefficient (Wildman–Crippen LogP) is 3.12. The van der Waals surface area contributed by atoms with Gasteiger partial charge in [-0.25, -0.2) is 4.98 Å². The fourth-order valence-corrected chi connectivity index (χ4v) is 2.76. The Labute approximate surface area is 118 Å². The summed E-state index contributed by atoms with van der Waals surface area (Å²) in [6, 6.07) is 1.68. The average molecular weight is 336 g/mol. The van der Waals surface area contributed by atoms with E-state index in [2.05, 4.69) is 32.5 Å². The Kier molecular flexibility index (Phi) is 4.00. The Morgan fingerprint density at radius 1 is 1.71 bits per heavy atom. The highest BCUT2D eigenvalue weighted by molar-refractivity contribution is 9.10. The highest BCUT2D eigenvalue weighted by atomic mass is 79.9. The quantitative estimate of drug-likeness (QED) is 0.860. The zero-order valence-corrected chi connectivity index (χ0v) is 12.5. The molecule has 1 N–H and O–H groups in total. The zero-order chi connectivity index (χ0) is 12.5. The first-order valence-corrected chi connectivity index (χ1v) is 7.60. The molecule has 92 valence electrons. The van der Waals surface area contributed by atoms with Crippen LogP contribution in [0.5, 0.6) is 0 Å². The standard InChI is InChI=1S/C11H12BrClN2OS/c1-17-11(2-3-11)6-15-10(16)8-4-7(12)5-14-9(8)13/h4-5H,2-3,6H2,1H3,(H,15,16). The first-order valence-electron chi connectivity index (χ1n) is 5.21. The molecule has 2 rings (SSSR count). The van der Waals surface area contributed by atoms with E-state index in [0.29, 0.717) is 12.1 Å². The van der Waals surface area contributed by atoms with Crippen LogP contribution >= 0.6 is 39.3 Å². The lowest BCUT2D eigenvalue weighted by atomic mass is 10.2. The third kappa shape index (κ3) is 3.14. The summed E-state index contributed by atoms with van der Waals surface area (Å²) in [5.41, 5.74) is 0.415. The third-order valence-electron chi connectivity index (χ3n) is 2.86. The Hall–Kier alpha value is -0.260. The first kappa shape index (κ1) is 13.2. The molecule has 1 aliphatic carbocycles. The van der Waals surface area contributed by atoms with Crippen LogP contribution in [0, 0.1) is 0 Å². The molecular formula is C11H12BrClN2OS. The van der Waals surface area contributed by atoms with Crippen molar-refractivity contribution in [1.82, 2.24) is 10.3 Å². The molecule has 0 spiro atoms. The van der Waals surface area contributed by atoms with Crippen molar-refractivity contribution in [2.75, 3.05) is 12.8 Å². The van der Waals surface area contributed by atoms with E-state index in [4.69, 9.17) is 11.6 Å². The van der Waals surface area contributed by atoms with Crippen LogP contribution in [0.4, 0.5) is 0 Å². The van der Waals surface area contributed by atoms with Gasteiger partial charge in [0.25, 0.3) is 5.91 Å². The van der Waals surface area contributed by atoms with E-state index in [-0.39, 0.29) is 15.8 Å². The number of carbonyl (C=O) groups is 1. The van der Waals surface area contributed by atoms with Crippen LogP contribution in [0.3, 0.4) is 0 Å². The summed E-state index contributed by atoms with van der Waals surface area (Å²) in [6.45, 7) is 0.690. The number of hydrogen-bond donors (Lipinski definition) is 1. The summed E-state index contributed by atoms with van der Waals surface area (Å²) in [4.78, 5) is 15.9. The number of aromatic nitrogens is 1. The van der Waals surface area contributed by atoms with Crippen molar-refractivity contribution in [3.05, 3.63) is 27.5 Å². The van der Waals surface area contributed by atoms with E-state index in [1.807, 2.05) is 11.8 Å². The van der Waals surface area contributed by atoms with E-state index in [9.17, 15) is 4.79 Å². The Morgan fingerprint density at radius 2 is 2.41 bits per heavy atom. The monoisotopic (exact) mass is 334 g/mol. The van der Waals surface area contributed by atoms with E-state index in [0.717, 1.165) is 4.47 Å². The van der Waals surface area contributed by atoms with E-state index in [1.54, 1.807) is 12.3 Å². The summed E-state index contributed by atoms with van der Waals surface area (Å²) < 4.78 is 1.000. The summed E-state index contributed by atoms with van der Waals surface area (Å²) >= 11 is 11.0. The molecule has 1 saturated carbocycles. The lowest BCUT2D eigenvalue weighted by Crippen LogP contribution is -2.31. The topological polar surface area (TPSA) is 42.0 Å². The molecule has 1 aromatic heterocycles. The summed E-state index contributed by atoms with van der Waals surface area (Å²) in [7, 11) is 0. The SMILES string of the molecule is CSC1(CNC(=O)c2cc(Br)cnc2Cl)CC1. The molecular weight excluding hydrogens is 324 g/mol.